The van der Waals surface area contributed by atoms with E-state index >= 15 is 0 Å². The lowest BCUT2D eigenvalue weighted by atomic mass is 9.75. The number of carbonyl (C=O) groups is 1. The molecule has 112 valence electrons. The van der Waals surface area contributed by atoms with Crippen LogP contribution < -0.4 is 0 Å². The van der Waals surface area contributed by atoms with Crippen LogP contribution in [-0.2, 0) is 4.74 Å². The van der Waals surface area contributed by atoms with E-state index in [4.69, 9.17) is 11.3 Å². The third-order valence-corrected chi connectivity index (χ3v) is 4.43. The molecule has 1 saturated carbocycles. The zero-order valence-corrected chi connectivity index (χ0v) is 13.0. The molecule has 0 unspecified atom stereocenters. The molecule has 1 aliphatic rings. The Morgan fingerprint density at radius 3 is 2.81 bits per heavy atom. The largest absolute Gasteiger partial charge is 0.459 e. The quantitative estimate of drug-likeness (QED) is 0.587. The number of hydrogen-bond donors (Lipinski definition) is 0. The second kappa shape index (κ2) is 6.76. The number of rotatable bonds is 3. The van der Waals surface area contributed by atoms with Crippen LogP contribution in [0.4, 0.5) is 5.69 Å². The molecule has 3 atom stereocenters. The van der Waals surface area contributed by atoms with Crippen molar-refractivity contribution in [2.24, 2.45) is 17.8 Å². The van der Waals surface area contributed by atoms with E-state index in [0.29, 0.717) is 29.0 Å². The van der Waals surface area contributed by atoms with Crippen molar-refractivity contribution in [3.63, 3.8) is 0 Å². The van der Waals surface area contributed by atoms with Gasteiger partial charge in [-0.1, -0.05) is 45.4 Å². The van der Waals surface area contributed by atoms with Gasteiger partial charge in [0, 0.05) is 5.56 Å². The van der Waals surface area contributed by atoms with Gasteiger partial charge in [0.25, 0.3) is 0 Å². The summed E-state index contributed by atoms with van der Waals surface area (Å²) in [5.41, 5.74) is 0.950. The highest BCUT2D eigenvalue weighted by Crippen LogP contribution is 2.35. The maximum absolute atomic E-state index is 12.3. The molecule has 3 nitrogen and oxygen atoms in total. The second-order valence-electron chi connectivity index (χ2n) is 6.43. The van der Waals surface area contributed by atoms with E-state index < -0.39 is 0 Å². The highest BCUT2D eigenvalue weighted by Gasteiger charge is 2.33. The predicted molar refractivity (Wildman–Crippen MR) is 83.3 cm³/mol. The summed E-state index contributed by atoms with van der Waals surface area (Å²) in [7, 11) is 0. The Morgan fingerprint density at radius 2 is 2.14 bits per heavy atom. The minimum Gasteiger partial charge on any atom is -0.459 e. The summed E-state index contributed by atoms with van der Waals surface area (Å²) in [4.78, 5) is 15.7. The molecule has 1 fully saturated rings. The molecular weight excluding hydrogens is 262 g/mol. The standard InChI is InChI=1S/C18H23NO2/c1-12(2)16-9-8-13(3)10-17(16)21-18(20)14-6-5-7-15(11-14)19-4/h5-7,11-13,16-17H,8-10H2,1-3H3/t13-,16+,17-/m1/s1. The highest BCUT2D eigenvalue weighted by molar-refractivity contribution is 5.90. The van der Waals surface area contributed by atoms with Gasteiger partial charge in [0.2, 0.25) is 0 Å². The van der Waals surface area contributed by atoms with Crippen LogP contribution in [-0.4, -0.2) is 12.1 Å². The predicted octanol–water partition coefficient (Wildman–Crippen LogP) is 4.85. The number of ether oxygens (including phenoxy) is 1. The smallest absolute Gasteiger partial charge is 0.337 e. The summed E-state index contributed by atoms with van der Waals surface area (Å²) in [6.45, 7) is 13.6. The van der Waals surface area contributed by atoms with E-state index in [9.17, 15) is 4.79 Å². The monoisotopic (exact) mass is 285 g/mol. The van der Waals surface area contributed by atoms with Crippen molar-refractivity contribution in [3.05, 3.63) is 41.2 Å². The van der Waals surface area contributed by atoms with E-state index in [0.717, 1.165) is 12.8 Å². The summed E-state index contributed by atoms with van der Waals surface area (Å²) in [5, 5.41) is 0. The highest BCUT2D eigenvalue weighted by atomic mass is 16.5. The number of nitrogens with zero attached hydrogens (tertiary/aromatic N) is 1. The fourth-order valence-electron chi connectivity index (χ4n) is 3.16. The zero-order valence-electron chi connectivity index (χ0n) is 13.0. The molecule has 0 aliphatic heterocycles. The van der Waals surface area contributed by atoms with Crippen LogP contribution in [0.25, 0.3) is 4.85 Å². The number of hydrogen-bond acceptors (Lipinski definition) is 2. The van der Waals surface area contributed by atoms with Crippen molar-refractivity contribution in [2.75, 3.05) is 0 Å². The first-order chi connectivity index (χ1) is 10.0. The molecule has 0 radical (unpaired) electrons. The molecule has 1 aromatic rings. The first-order valence-corrected chi connectivity index (χ1v) is 7.69. The Balaban J connectivity index is 2.10. The fraction of sp³-hybridized carbons (Fsp3) is 0.556. The number of esters is 1. The molecule has 0 saturated heterocycles. The summed E-state index contributed by atoms with van der Waals surface area (Å²) in [5.74, 6) is 1.26. The molecule has 0 aromatic heterocycles. The van der Waals surface area contributed by atoms with Crippen molar-refractivity contribution in [1.29, 1.82) is 0 Å². The van der Waals surface area contributed by atoms with Crippen molar-refractivity contribution in [2.45, 2.75) is 46.1 Å². The topological polar surface area (TPSA) is 30.7 Å². The number of benzene rings is 1. The average molecular weight is 285 g/mol. The van der Waals surface area contributed by atoms with Gasteiger partial charge in [-0.2, -0.15) is 0 Å². The van der Waals surface area contributed by atoms with E-state index in [1.54, 1.807) is 24.3 Å². The lowest BCUT2D eigenvalue weighted by Crippen LogP contribution is -2.35. The lowest BCUT2D eigenvalue weighted by Gasteiger charge is -2.36. The van der Waals surface area contributed by atoms with Crippen LogP contribution in [0.3, 0.4) is 0 Å². The molecule has 1 aromatic carbocycles. The molecule has 0 amide bonds. The second-order valence-corrected chi connectivity index (χ2v) is 6.43. The number of carbonyl (C=O) groups excluding carboxylic acids is 1. The molecule has 21 heavy (non-hydrogen) atoms. The molecular formula is C18H23NO2. The summed E-state index contributed by atoms with van der Waals surface area (Å²) in [6, 6.07) is 6.75. The molecule has 0 heterocycles. The van der Waals surface area contributed by atoms with Gasteiger partial charge in [-0.15, -0.1) is 0 Å². The van der Waals surface area contributed by atoms with Gasteiger partial charge in [-0.3, -0.25) is 0 Å². The van der Waals surface area contributed by atoms with Crippen molar-refractivity contribution < 1.29 is 9.53 Å². The Hall–Kier alpha value is -1.82. The van der Waals surface area contributed by atoms with Gasteiger partial charge in [0.1, 0.15) is 6.10 Å². The van der Waals surface area contributed by atoms with E-state index in [1.807, 2.05) is 0 Å². The molecule has 1 aliphatic carbocycles. The average Bonchev–Trinajstić information content (AvgIpc) is 2.47. The Bertz CT molecular complexity index is 544. The molecule has 0 spiro atoms. The van der Waals surface area contributed by atoms with E-state index in [1.165, 1.54) is 6.42 Å². The van der Waals surface area contributed by atoms with Crippen molar-refractivity contribution in [3.8, 4) is 0 Å². The molecule has 0 bridgehead atoms. The van der Waals surface area contributed by atoms with E-state index in [2.05, 4.69) is 25.6 Å². The van der Waals surface area contributed by atoms with Crippen molar-refractivity contribution >= 4 is 11.7 Å². The van der Waals surface area contributed by atoms with Gasteiger partial charge in [-0.05, 0) is 36.7 Å². The minimum absolute atomic E-state index is 0.00199. The lowest BCUT2D eigenvalue weighted by molar-refractivity contribution is -0.0174. The van der Waals surface area contributed by atoms with Gasteiger partial charge >= 0.3 is 5.97 Å². The third-order valence-electron chi connectivity index (χ3n) is 4.43. The van der Waals surface area contributed by atoms with Crippen LogP contribution in [0.15, 0.2) is 24.3 Å². The van der Waals surface area contributed by atoms with Gasteiger partial charge in [0.05, 0.1) is 6.57 Å². The first kappa shape index (κ1) is 15.6. The Morgan fingerprint density at radius 1 is 1.38 bits per heavy atom. The SMILES string of the molecule is [C-]#[N+]c1cccc(C(=O)O[C@@H]2C[C@H](C)CC[C@H]2C(C)C)c1. The first-order valence-electron chi connectivity index (χ1n) is 7.69. The normalized spacial score (nSPS) is 25.4. The van der Waals surface area contributed by atoms with Gasteiger partial charge < -0.3 is 4.74 Å². The van der Waals surface area contributed by atoms with Crippen molar-refractivity contribution in [1.82, 2.24) is 0 Å². The van der Waals surface area contributed by atoms with Crippen LogP contribution in [0, 0.1) is 24.3 Å². The van der Waals surface area contributed by atoms with Crippen LogP contribution in [0.1, 0.15) is 50.4 Å². The summed E-state index contributed by atoms with van der Waals surface area (Å²) >= 11 is 0. The summed E-state index contributed by atoms with van der Waals surface area (Å²) in [6.07, 6.45) is 3.28. The van der Waals surface area contributed by atoms with Crippen LogP contribution in [0.2, 0.25) is 0 Å². The van der Waals surface area contributed by atoms with Gasteiger partial charge in [-0.25, -0.2) is 9.64 Å². The minimum atomic E-state index is -0.301. The maximum Gasteiger partial charge on any atom is 0.337 e. The van der Waals surface area contributed by atoms with Gasteiger partial charge in [0.15, 0.2) is 5.69 Å². The van der Waals surface area contributed by atoms with Crippen LogP contribution in [0.5, 0.6) is 0 Å². The molecule has 0 N–H and O–H groups in total. The van der Waals surface area contributed by atoms with E-state index in [-0.39, 0.29) is 12.1 Å². The molecule has 3 heteroatoms. The van der Waals surface area contributed by atoms with Crippen LogP contribution >= 0.6 is 0 Å². The Kier molecular flexibility index (Phi) is 5.01. The Labute approximate surface area is 127 Å². The maximum atomic E-state index is 12.3. The fourth-order valence-corrected chi connectivity index (χ4v) is 3.16. The molecule has 2 rings (SSSR count). The third kappa shape index (κ3) is 3.85. The zero-order chi connectivity index (χ0) is 15.4. The summed E-state index contributed by atoms with van der Waals surface area (Å²) < 4.78 is 5.78.